The Balaban J connectivity index is 2.90. The fourth-order valence-corrected chi connectivity index (χ4v) is 2.59. The van der Waals surface area contributed by atoms with Crippen molar-refractivity contribution in [3.05, 3.63) is 29.3 Å². The number of hydrogen-bond donors (Lipinski definition) is 2. The van der Waals surface area contributed by atoms with Gasteiger partial charge in [0.25, 0.3) is 0 Å². The molecule has 0 amide bonds. The molecule has 1 atom stereocenters. The van der Waals surface area contributed by atoms with Crippen molar-refractivity contribution < 1.29 is 13.5 Å². The molecule has 0 heterocycles. The van der Waals surface area contributed by atoms with Gasteiger partial charge in [-0.05, 0) is 50.5 Å². The molecule has 0 spiro atoms. The molecule has 0 aromatic heterocycles. The lowest BCUT2D eigenvalue weighted by Gasteiger charge is -2.21. The van der Waals surface area contributed by atoms with Crippen molar-refractivity contribution >= 4 is 10.0 Å². The number of aryl methyl sites for hydroxylation is 2. The van der Waals surface area contributed by atoms with Gasteiger partial charge in [-0.25, -0.2) is 13.1 Å². The van der Waals surface area contributed by atoms with Crippen LogP contribution in [0.3, 0.4) is 0 Å². The Morgan fingerprint density at radius 2 is 1.89 bits per heavy atom. The van der Waals surface area contributed by atoms with E-state index in [4.69, 9.17) is 0 Å². The molecule has 1 unspecified atom stereocenters. The van der Waals surface area contributed by atoms with E-state index in [9.17, 15) is 13.5 Å². The third-order valence-electron chi connectivity index (χ3n) is 3.19. The van der Waals surface area contributed by atoms with Gasteiger partial charge in [-0.1, -0.05) is 13.0 Å². The first-order valence-corrected chi connectivity index (χ1v) is 7.45. The van der Waals surface area contributed by atoms with Gasteiger partial charge in [0.2, 0.25) is 10.0 Å². The molecular weight excluding hydrogens is 250 g/mol. The topological polar surface area (TPSA) is 66.4 Å². The Hall–Kier alpha value is -0.910. The van der Waals surface area contributed by atoms with Gasteiger partial charge in [0.15, 0.2) is 0 Å². The maximum atomic E-state index is 12.0. The van der Waals surface area contributed by atoms with Gasteiger partial charge in [-0.15, -0.1) is 0 Å². The van der Waals surface area contributed by atoms with E-state index in [1.165, 1.54) is 0 Å². The third kappa shape index (κ3) is 3.80. The highest BCUT2D eigenvalue weighted by molar-refractivity contribution is 7.89. The Morgan fingerprint density at radius 3 is 2.39 bits per heavy atom. The minimum atomic E-state index is -3.55. The predicted molar refractivity (Wildman–Crippen MR) is 72.0 cm³/mol. The van der Waals surface area contributed by atoms with Gasteiger partial charge in [-0.2, -0.15) is 0 Å². The fourth-order valence-electron chi connectivity index (χ4n) is 1.34. The largest absolute Gasteiger partial charge is 0.389 e. The highest BCUT2D eigenvalue weighted by Crippen LogP contribution is 2.15. The number of rotatable bonds is 5. The van der Waals surface area contributed by atoms with Crippen LogP contribution in [0.15, 0.2) is 23.1 Å². The van der Waals surface area contributed by atoms with E-state index in [1.54, 1.807) is 25.1 Å². The number of nitrogens with one attached hydrogen (secondary N) is 1. The van der Waals surface area contributed by atoms with Crippen molar-refractivity contribution in [1.29, 1.82) is 0 Å². The maximum absolute atomic E-state index is 12.0. The molecule has 1 aromatic rings. The molecular formula is C13H21NO3S. The molecule has 5 heteroatoms. The lowest BCUT2D eigenvalue weighted by atomic mass is 10.1. The Kier molecular flexibility index (Phi) is 4.53. The molecule has 102 valence electrons. The zero-order valence-corrected chi connectivity index (χ0v) is 12.1. The van der Waals surface area contributed by atoms with Gasteiger partial charge in [0.05, 0.1) is 10.5 Å². The normalized spacial score (nSPS) is 15.4. The van der Waals surface area contributed by atoms with Gasteiger partial charge < -0.3 is 5.11 Å². The second-order valence-electron chi connectivity index (χ2n) is 4.92. The van der Waals surface area contributed by atoms with Crippen LogP contribution in [0.1, 0.15) is 31.4 Å². The average molecular weight is 271 g/mol. The van der Waals surface area contributed by atoms with Gasteiger partial charge in [-0.3, -0.25) is 0 Å². The van der Waals surface area contributed by atoms with E-state index in [1.807, 2.05) is 20.8 Å². The SMILES string of the molecule is CCC(C)(O)CNS(=O)(=O)c1ccc(C)c(C)c1. The number of hydrogen-bond acceptors (Lipinski definition) is 3. The van der Waals surface area contributed by atoms with Crippen molar-refractivity contribution in [2.45, 2.75) is 44.6 Å². The van der Waals surface area contributed by atoms with Crippen LogP contribution in [0.4, 0.5) is 0 Å². The summed E-state index contributed by atoms with van der Waals surface area (Å²) in [6.45, 7) is 7.23. The molecule has 0 saturated heterocycles. The molecule has 0 aliphatic carbocycles. The summed E-state index contributed by atoms with van der Waals surface area (Å²) < 4.78 is 26.5. The van der Waals surface area contributed by atoms with E-state index in [0.717, 1.165) is 11.1 Å². The van der Waals surface area contributed by atoms with Crippen LogP contribution in [-0.2, 0) is 10.0 Å². The first-order valence-electron chi connectivity index (χ1n) is 5.97. The minimum Gasteiger partial charge on any atom is -0.389 e. The predicted octanol–water partition coefficient (Wildman–Crippen LogP) is 1.74. The zero-order chi connectivity index (χ0) is 14.0. The molecule has 4 nitrogen and oxygen atoms in total. The monoisotopic (exact) mass is 271 g/mol. The van der Waals surface area contributed by atoms with Crippen molar-refractivity contribution in [3.8, 4) is 0 Å². The highest BCUT2D eigenvalue weighted by atomic mass is 32.2. The summed E-state index contributed by atoms with van der Waals surface area (Å²) in [5, 5.41) is 9.81. The quantitative estimate of drug-likeness (QED) is 0.857. The average Bonchev–Trinajstić information content (AvgIpc) is 2.30. The first kappa shape index (κ1) is 15.1. The van der Waals surface area contributed by atoms with Crippen molar-refractivity contribution in [1.82, 2.24) is 4.72 Å². The summed E-state index contributed by atoms with van der Waals surface area (Å²) in [4.78, 5) is 0.234. The van der Waals surface area contributed by atoms with Gasteiger partial charge in [0, 0.05) is 6.54 Å². The lowest BCUT2D eigenvalue weighted by Crippen LogP contribution is -2.40. The van der Waals surface area contributed by atoms with E-state index in [0.29, 0.717) is 6.42 Å². The van der Waals surface area contributed by atoms with Crippen LogP contribution in [-0.4, -0.2) is 25.7 Å². The number of sulfonamides is 1. The van der Waals surface area contributed by atoms with Crippen LogP contribution >= 0.6 is 0 Å². The maximum Gasteiger partial charge on any atom is 0.240 e. The van der Waals surface area contributed by atoms with E-state index < -0.39 is 15.6 Å². The Labute approximate surface area is 109 Å². The van der Waals surface area contributed by atoms with Gasteiger partial charge >= 0.3 is 0 Å². The molecule has 0 fully saturated rings. The molecule has 18 heavy (non-hydrogen) atoms. The summed E-state index contributed by atoms with van der Waals surface area (Å²) in [7, 11) is -3.55. The molecule has 0 bridgehead atoms. The fraction of sp³-hybridized carbons (Fsp3) is 0.538. The Morgan fingerprint density at radius 1 is 1.28 bits per heavy atom. The molecule has 2 N–H and O–H groups in total. The molecule has 0 aliphatic rings. The summed E-state index contributed by atoms with van der Waals surface area (Å²) in [6, 6.07) is 4.99. The van der Waals surface area contributed by atoms with E-state index >= 15 is 0 Å². The summed E-state index contributed by atoms with van der Waals surface area (Å²) in [6.07, 6.45) is 0.489. The van der Waals surface area contributed by atoms with Crippen molar-refractivity contribution in [2.75, 3.05) is 6.54 Å². The minimum absolute atomic E-state index is 0.0127. The highest BCUT2D eigenvalue weighted by Gasteiger charge is 2.22. The number of aliphatic hydroxyl groups is 1. The lowest BCUT2D eigenvalue weighted by molar-refractivity contribution is 0.0613. The van der Waals surface area contributed by atoms with E-state index in [2.05, 4.69) is 4.72 Å². The second-order valence-corrected chi connectivity index (χ2v) is 6.69. The van der Waals surface area contributed by atoms with Crippen molar-refractivity contribution in [2.24, 2.45) is 0 Å². The molecule has 1 rings (SSSR count). The zero-order valence-electron chi connectivity index (χ0n) is 11.3. The Bertz CT molecular complexity index is 521. The van der Waals surface area contributed by atoms with Crippen LogP contribution in [0.2, 0.25) is 0 Å². The van der Waals surface area contributed by atoms with E-state index in [-0.39, 0.29) is 11.4 Å². The summed E-state index contributed by atoms with van der Waals surface area (Å²) in [5.74, 6) is 0. The van der Waals surface area contributed by atoms with Crippen LogP contribution in [0, 0.1) is 13.8 Å². The molecule has 0 aliphatic heterocycles. The van der Waals surface area contributed by atoms with Gasteiger partial charge in [0.1, 0.15) is 0 Å². The molecule has 0 radical (unpaired) electrons. The van der Waals surface area contributed by atoms with Crippen LogP contribution in [0.5, 0.6) is 0 Å². The second kappa shape index (κ2) is 5.38. The van der Waals surface area contributed by atoms with Crippen LogP contribution in [0.25, 0.3) is 0 Å². The number of benzene rings is 1. The standard InChI is InChI=1S/C13H21NO3S/c1-5-13(4,15)9-14-18(16,17)12-7-6-10(2)11(3)8-12/h6-8,14-15H,5,9H2,1-4H3. The summed E-state index contributed by atoms with van der Waals surface area (Å²) in [5.41, 5.74) is 0.960. The molecule has 0 saturated carbocycles. The first-order chi connectivity index (χ1) is 8.18. The smallest absolute Gasteiger partial charge is 0.240 e. The van der Waals surface area contributed by atoms with Crippen molar-refractivity contribution in [3.63, 3.8) is 0 Å². The van der Waals surface area contributed by atoms with Crippen LogP contribution < -0.4 is 4.72 Å². The third-order valence-corrected chi connectivity index (χ3v) is 4.59. The summed E-state index contributed by atoms with van der Waals surface area (Å²) >= 11 is 0. The molecule has 1 aromatic carbocycles.